The molecule has 12 heavy (non-hydrogen) atoms. The molecular weight excluding hydrogens is 174 g/mol. The molecule has 5 nitrogen and oxygen atoms in total. The fourth-order valence-electron chi connectivity index (χ4n) is 0.733. The Kier molecular flexibility index (Phi) is 1.57. The van der Waals surface area contributed by atoms with Crippen molar-refractivity contribution >= 4 is 11.9 Å². The first kappa shape index (κ1) is 8.85. The number of carbonyl (C=O) groups excluding carboxylic acids is 2. The lowest BCUT2D eigenvalue weighted by Gasteiger charge is -2.35. The van der Waals surface area contributed by atoms with Crippen LogP contribution in [0.1, 0.15) is 6.92 Å². The number of carbonyl (C=O) groups is 2. The largest absolute Gasteiger partial charge is 0.370 e. The third-order valence-corrected chi connectivity index (χ3v) is 1.48. The molecule has 0 aromatic rings. The molecule has 0 bridgehead atoms. The third kappa shape index (κ3) is 1.02. The lowest BCUT2D eigenvalue weighted by molar-refractivity contribution is -0.197. The summed E-state index contributed by atoms with van der Waals surface area (Å²) in [7, 11) is 0. The van der Waals surface area contributed by atoms with Crippen LogP contribution in [0.2, 0.25) is 0 Å². The molecular formula is C5H6F2N2O3. The summed E-state index contributed by atoms with van der Waals surface area (Å²) >= 11 is 0. The first-order chi connectivity index (χ1) is 5.27. The minimum Gasteiger partial charge on any atom is -0.366 e. The van der Waals surface area contributed by atoms with Crippen molar-refractivity contribution in [3.63, 3.8) is 0 Å². The van der Waals surface area contributed by atoms with Crippen LogP contribution >= 0.6 is 0 Å². The number of nitrogens with one attached hydrogen (secondary N) is 2. The summed E-state index contributed by atoms with van der Waals surface area (Å²) in [5.41, 5.74) is -2.83. The topological polar surface area (TPSA) is 78.4 Å². The van der Waals surface area contributed by atoms with Crippen molar-refractivity contribution in [3.05, 3.63) is 0 Å². The van der Waals surface area contributed by atoms with Gasteiger partial charge < -0.3 is 10.4 Å². The Balaban J connectivity index is 3.02. The van der Waals surface area contributed by atoms with Gasteiger partial charge in [0.25, 0.3) is 0 Å². The summed E-state index contributed by atoms with van der Waals surface area (Å²) in [6, 6.07) is -1.14. The van der Waals surface area contributed by atoms with Gasteiger partial charge in [-0.3, -0.25) is 10.1 Å². The number of urea groups is 1. The number of halogens is 2. The summed E-state index contributed by atoms with van der Waals surface area (Å²) in [5, 5.41) is 11.7. The number of hydrogen-bond donors (Lipinski definition) is 3. The molecule has 0 aromatic carbocycles. The number of hydrogen-bond acceptors (Lipinski definition) is 3. The summed E-state index contributed by atoms with van der Waals surface area (Å²) < 4.78 is 25.3. The molecule has 1 fully saturated rings. The van der Waals surface area contributed by atoms with Crippen LogP contribution in [0, 0.1) is 0 Å². The average Bonchev–Trinajstić information content (AvgIpc) is 1.82. The second-order valence-electron chi connectivity index (χ2n) is 2.55. The Labute approximate surface area is 65.7 Å². The number of rotatable bonds is 0. The highest BCUT2D eigenvalue weighted by Gasteiger charge is 2.60. The zero-order chi connectivity index (χ0) is 9.57. The van der Waals surface area contributed by atoms with Crippen molar-refractivity contribution in [2.45, 2.75) is 18.6 Å². The van der Waals surface area contributed by atoms with Gasteiger partial charge in [0.05, 0.1) is 0 Å². The Morgan fingerprint density at radius 1 is 1.42 bits per heavy atom. The maximum Gasteiger partial charge on any atom is 0.370 e. The van der Waals surface area contributed by atoms with Crippen LogP contribution in [0.25, 0.3) is 0 Å². The van der Waals surface area contributed by atoms with E-state index in [-0.39, 0.29) is 0 Å². The second kappa shape index (κ2) is 2.13. The van der Waals surface area contributed by atoms with Gasteiger partial charge in [0, 0.05) is 0 Å². The summed E-state index contributed by atoms with van der Waals surface area (Å²) in [4.78, 5) is 20.9. The van der Waals surface area contributed by atoms with E-state index in [0.717, 1.165) is 0 Å². The maximum atomic E-state index is 12.7. The number of aliphatic hydroxyl groups is 1. The van der Waals surface area contributed by atoms with E-state index in [1.165, 1.54) is 10.6 Å². The highest BCUT2D eigenvalue weighted by atomic mass is 19.3. The van der Waals surface area contributed by atoms with Gasteiger partial charge >= 0.3 is 17.9 Å². The van der Waals surface area contributed by atoms with Crippen LogP contribution in [0.4, 0.5) is 13.6 Å². The normalized spacial score (nSPS) is 34.0. The second-order valence-corrected chi connectivity index (χ2v) is 2.55. The SMILES string of the molecule is CC1(O)NC(=O)NC(=O)C1(F)F. The Morgan fingerprint density at radius 3 is 2.33 bits per heavy atom. The van der Waals surface area contributed by atoms with Gasteiger partial charge in [-0.25, -0.2) is 4.79 Å². The van der Waals surface area contributed by atoms with E-state index in [2.05, 4.69) is 0 Å². The smallest absolute Gasteiger partial charge is 0.366 e. The molecule has 1 unspecified atom stereocenters. The van der Waals surface area contributed by atoms with Gasteiger partial charge in [0.2, 0.25) is 5.72 Å². The Bertz CT molecular complexity index is 251. The highest BCUT2D eigenvalue weighted by molar-refractivity contribution is 6.01. The van der Waals surface area contributed by atoms with Crippen molar-refractivity contribution in [1.29, 1.82) is 0 Å². The van der Waals surface area contributed by atoms with Crippen LogP contribution in [0.15, 0.2) is 0 Å². The van der Waals surface area contributed by atoms with Crippen molar-refractivity contribution in [2.24, 2.45) is 0 Å². The minimum absolute atomic E-state index is 0.643. The van der Waals surface area contributed by atoms with Gasteiger partial charge in [-0.1, -0.05) is 0 Å². The van der Waals surface area contributed by atoms with Crippen LogP contribution in [-0.4, -0.2) is 28.7 Å². The monoisotopic (exact) mass is 180 g/mol. The van der Waals surface area contributed by atoms with Crippen molar-refractivity contribution in [1.82, 2.24) is 10.6 Å². The molecule has 1 aliphatic heterocycles. The van der Waals surface area contributed by atoms with Crippen LogP contribution in [0.5, 0.6) is 0 Å². The molecule has 1 atom stereocenters. The van der Waals surface area contributed by atoms with Gasteiger partial charge in [-0.2, -0.15) is 8.78 Å². The highest BCUT2D eigenvalue weighted by Crippen LogP contribution is 2.28. The molecule has 1 saturated heterocycles. The first-order valence-corrected chi connectivity index (χ1v) is 3.01. The van der Waals surface area contributed by atoms with E-state index in [0.29, 0.717) is 6.92 Å². The molecule has 3 amide bonds. The van der Waals surface area contributed by atoms with E-state index in [9.17, 15) is 18.4 Å². The molecule has 1 heterocycles. The van der Waals surface area contributed by atoms with Crippen molar-refractivity contribution in [3.8, 4) is 0 Å². The molecule has 3 N–H and O–H groups in total. The maximum absolute atomic E-state index is 12.7. The zero-order valence-electron chi connectivity index (χ0n) is 6.02. The number of amides is 3. The molecule has 0 radical (unpaired) electrons. The van der Waals surface area contributed by atoms with Gasteiger partial charge in [0.15, 0.2) is 0 Å². The predicted molar refractivity (Wildman–Crippen MR) is 32.2 cm³/mol. The van der Waals surface area contributed by atoms with Crippen LogP contribution in [0.3, 0.4) is 0 Å². The summed E-state index contributed by atoms with van der Waals surface area (Å²) in [6.45, 7) is 0.643. The Hall–Kier alpha value is -1.24. The summed E-state index contributed by atoms with van der Waals surface area (Å²) in [5.74, 6) is -5.82. The van der Waals surface area contributed by atoms with E-state index >= 15 is 0 Å². The van der Waals surface area contributed by atoms with Crippen molar-refractivity contribution < 1.29 is 23.5 Å². The molecule has 1 rings (SSSR count). The van der Waals surface area contributed by atoms with Crippen LogP contribution < -0.4 is 10.6 Å². The molecule has 0 saturated carbocycles. The lowest BCUT2D eigenvalue weighted by atomic mass is 10.1. The molecule has 68 valence electrons. The standard InChI is InChI=1S/C5H6F2N2O3/c1-4(12)5(6,7)2(10)8-3(11)9-4/h12H,1H3,(H2,8,9,10,11). The molecule has 0 spiro atoms. The fourth-order valence-corrected chi connectivity index (χ4v) is 0.733. The van der Waals surface area contributed by atoms with Gasteiger partial charge in [-0.05, 0) is 6.92 Å². The lowest BCUT2D eigenvalue weighted by Crippen LogP contribution is -2.71. The summed E-state index contributed by atoms with van der Waals surface area (Å²) in [6.07, 6.45) is 0. The average molecular weight is 180 g/mol. The molecule has 0 aliphatic carbocycles. The van der Waals surface area contributed by atoms with E-state index in [1.807, 2.05) is 0 Å². The molecule has 0 aromatic heterocycles. The van der Waals surface area contributed by atoms with E-state index in [4.69, 9.17) is 5.11 Å². The number of imide groups is 1. The predicted octanol–water partition coefficient (Wildman–Crippen LogP) is -0.830. The molecule has 7 heteroatoms. The number of alkyl halides is 2. The van der Waals surface area contributed by atoms with Gasteiger partial charge in [-0.15, -0.1) is 0 Å². The zero-order valence-corrected chi connectivity index (χ0v) is 6.02. The van der Waals surface area contributed by atoms with E-state index in [1.54, 1.807) is 0 Å². The van der Waals surface area contributed by atoms with E-state index < -0.39 is 23.6 Å². The third-order valence-electron chi connectivity index (χ3n) is 1.48. The minimum atomic E-state index is -4.01. The molecule has 1 aliphatic rings. The van der Waals surface area contributed by atoms with Gasteiger partial charge in [0.1, 0.15) is 0 Å². The fraction of sp³-hybridized carbons (Fsp3) is 0.600. The Morgan fingerprint density at radius 2 is 1.92 bits per heavy atom. The van der Waals surface area contributed by atoms with Crippen LogP contribution in [-0.2, 0) is 4.79 Å². The quantitative estimate of drug-likeness (QED) is 0.455. The van der Waals surface area contributed by atoms with Crippen molar-refractivity contribution in [2.75, 3.05) is 0 Å². The first-order valence-electron chi connectivity index (χ1n) is 3.01.